The van der Waals surface area contributed by atoms with E-state index in [1.165, 1.54) is 11.6 Å². The highest BCUT2D eigenvalue weighted by Gasteiger charge is 2.27. The third-order valence-electron chi connectivity index (χ3n) is 4.25. The summed E-state index contributed by atoms with van der Waals surface area (Å²) < 4.78 is 0. The maximum absolute atomic E-state index is 11.2. The quantitative estimate of drug-likeness (QED) is 0.834. The van der Waals surface area contributed by atoms with Gasteiger partial charge in [-0.1, -0.05) is 60.2 Å². The molecule has 0 amide bonds. The molecular formula is C21H21NO2. The van der Waals surface area contributed by atoms with Crippen LogP contribution in [0.1, 0.15) is 24.0 Å². The minimum atomic E-state index is -0.894. The summed E-state index contributed by atoms with van der Waals surface area (Å²) in [6.45, 7) is 2.05. The molecule has 1 saturated heterocycles. The lowest BCUT2D eigenvalue weighted by Gasteiger charge is -2.26. The second-order valence-electron chi connectivity index (χ2n) is 6.06. The molecule has 1 aliphatic rings. The standard InChI is InChI=1S/C21H21NO2/c1-16-7-10-18(11-8-16)22-19(13-14-20(22)15-21(23)24)12-9-17-5-3-2-4-6-17/h2-12,15,19H,13-14H2,1H3,(H,23,24)/b12-9+,20-15?/t19-/m1/s1. The maximum Gasteiger partial charge on any atom is 0.330 e. The van der Waals surface area contributed by atoms with Crippen molar-refractivity contribution in [2.24, 2.45) is 0 Å². The molecule has 0 unspecified atom stereocenters. The van der Waals surface area contributed by atoms with E-state index < -0.39 is 5.97 Å². The third-order valence-corrected chi connectivity index (χ3v) is 4.25. The van der Waals surface area contributed by atoms with Gasteiger partial charge in [0.25, 0.3) is 0 Å². The number of aryl methyl sites for hydroxylation is 1. The molecule has 0 spiro atoms. The normalized spacial score (nSPS) is 19.3. The van der Waals surface area contributed by atoms with Crippen molar-refractivity contribution in [3.8, 4) is 0 Å². The molecule has 3 heteroatoms. The van der Waals surface area contributed by atoms with Gasteiger partial charge in [-0.3, -0.25) is 0 Å². The Balaban J connectivity index is 1.91. The molecule has 2 aromatic carbocycles. The fourth-order valence-corrected chi connectivity index (χ4v) is 3.07. The van der Waals surface area contributed by atoms with Gasteiger partial charge in [-0.25, -0.2) is 4.79 Å². The number of benzene rings is 2. The maximum atomic E-state index is 11.2. The van der Waals surface area contributed by atoms with E-state index in [4.69, 9.17) is 5.11 Å². The summed E-state index contributed by atoms with van der Waals surface area (Å²) in [6, 6.07) is 18.6. The van der Waals surface area contributed by atoms with Gasteiger partial charge in [0.15, 0.2) is 0 Å². The zero-order valence-corrected chi connectivity index (χ0v) is 13.7. The molecular weight excluding hydrogens is 298 g/mol. The van der Waals surface area contributed by atoms with E-state index in [1.807, 2.05) is 18.2 Å². The average Bonchev–Trinajstić information content (AvgIpc) is 2.96. The summed E-state index contributed by atoms with van der Waals surface area (Å²) in [4.78, 5) is 13.3. The lowest BCUT2D eigenvalue weighted by Crippen LogP contribution is -2.26. The van der Waals surface area contributed by atoms with E-state index in [9.17, 15) is 4.79 Å². The molecule has 1 fully saturated rings. The number of allylic oxidation sites excluding steroid dienone is 1. The Bertz CT molecular complexity index is 760. The van der Waals surface area contributed by atoms with Crippen molar-refractivity contribution >= 4 is 17.7 Å². The fraction of sp³-hybridized carbons (Fsp3) is 0.190. The number of hydrogen-bond acceptors (Lipinski definition) is 2. The van der Waals surface area contributed by atoms with Gasteiger partial charge in [0, 0.05) is 17.5 Å². The number of carboxylic acid groups (broad SMARTS) is 1. The zero-order valence-electron chi connectivity index (χ0n) is 13.7. The van der Waals surface area contributed by atoms with Gasteiger partial charge < -0.3 is 10.0 Å². The van der Waals surface area contributed by atoms with Gasteiger partial charge in [-0.2, -0.15) is 0 Å². The first-order valence-corrected chi connectivity index (χ1v) is 8.16. The highest BCUT2D eigenvalue weighted by Crippen LogP contribution is 2.34. The van der Waals surface area contributed by atoms with Crippen molar-refractivity contribution in [2.75, 3.05) is 4.90 Å². The van der Waals surface area contributed by atoms with Crippen LogP contribution in [0.15, 0.2) is 72.4 Å². The molecule has 0 aromatic heterocycles. The van der Waals surface area contributed by atoms with Gasteiger partial charge in [0.2, 0.25) is 0 Å². The summed E-state index contributed by atoms with van der Waals surface area (Å²) >= 11 is 0. The molecule has 1 aliphatic heterocycles. The van der Waals surface area contributed by atoms with E-state index in [0.717, 1.165) is 29.8 Å². The second-order valence-corrected chi connectivity index (χ2v) is 6.06. The van der Waals surface area contributed by atoms with Crippen molar-refractivity contribution in [2.45, 2.75) is 25.8 Å². The van der Waals surface area contributed by atoms with Crippen LogP contribution in [0.3, 0.4) is 0 Å². The van der Waals surface area contributed by atoms with E-state index in [0.29, 0.717) is 0 Å². The van der Waals surface area contributed by atoms with Crippen molar-refractivity contribution < 1.29 is 9.90 Å². The topological polar surface area (TPSA) is 40.5 Å². The molecule has 3 nitrogen and oxygen atoms in total. The van der Waals surface area contributed by atoms with Crippen LogP contribution in [0.5, 0.6) is 0 Å². The zero-order chi connectivity index (χ0) is 16.9. The van der Waals surface area contributed by atoms with E-state index in [2.05, 4.69) is 60.4 Å². The lowest BCUT2D eigenvalue weighted by molar-refractivity contribution is -0.131. The van der Waals surface area contributed by atoms with Gasteiger partial charge in [0.05, 0.1) is 6.04 Å². The van der Waals surface area contributed by atoms with Crippen LogP contribution in [0.2, 0.25) is 0 Å². The van der Waals surface area contributed by atoms with Crippen LogP contribution < -0.4 is 4.90 Å². The Labute approximate surface area is 142 Å². The molecule has 3 rings (SSSR count). The molecule has 24 heavy (non-hydrogen) atoms. The monoisotopic (exact) mass is 319 g/mol. The first kappa shape index (κ1) is 16.1. The Kier molecular flexibility index (Phi) is 4.80. The Morgan fingerprint density at radius 1 is 1.12 bits per heavy atom. The van der Waals surface area contributed by atoms with E-state index in [1.54, 1.807) is 0 Å². The molecule has 0 aliphatic carbocycles. The van der Waals surface area contributed by atoms with Crippen LogP contribution in [-0.2, 0) is 4.79 Å². The SMILES string of the molecule is Cc1ccc(N2C(=CC(=O)O)CC[C@H]2/C=C/c2ccccc2)cc1. The summed E-state index contributed by atoms with van der Waals surface area (Å²) in [7, 11) is 0. The highest BCUT2D eigenvalue weighted by molar-refractivity contribution is 5.82. The van der Waals surface area contributed by atoms with Crippen LogP contribution in [0.4, 0.5) is 5.69 Å². The average molecular weight is 319 g/mol. The molecule has 1 heterocycles. The van der Waals surface area contributed by atoms with Gasteiger partial charge in [-0.15, -0.1) is 0 Å². The fourth-order valence-electron chi connectivity index (χ4n) is 3.07. The minimum absolute atomic E-state index is 0.165. The molecule has 0 radical (unpaired) electrons. The molecule has 0 saturated carbocycles. The number of anilines is 1. The predicted octanol–water partition coefficient (Wildman–Crippen LogP) is 4.65. The summed E-state index contributed by atoms with van der Waals surface area (Å²) in [6.07, 6.45) is 7.28. The number of aliphatic carboxylic acids is 1. The van der Waals surface area contributed by atoms with Crippen LogP contribution in [-0.4, -0.2) is 17.1 Å². The summed E-state index contributed by atoms with van der Waals surface area (Å²) in [5, 5.41) is 9.16. The Morgan fingerprint density at radius 3 is 2.50 bits per heavy atom. The van der Waals surface area contributed by atoms with Crippen LogP contribution >= 0.6 is 0 Å². The van der Waals surface area contributed by atoms with Crippen molar-refractivity contribution in [1.29, 1.82) is 0 Å². The highest BCUT2D eigenvalue weighted by atomic mass is 16.4. The molecule has 1 atom stereocenters. The Morgan fingerprint density at radius 2 is 1.83 bits per heavy atom. The summed E-state index contributed by atoms with van der Waals surface area (Å²) in [5.41, 5.74) is 4.23. The molecule has 122 valence electrons. The Hall–Kier alpha value is -2.81. The lowest BCUT2D eigenvalue weighted by atomic mass is 10.1. The van der Waals surface area contributed by atoms with Crippen LogP contribution in [0, 0.1) is 6.92 Å². The van der Waals surface area contributed by atoms with Crippen molar-refractivity contribution in [1.82, 2.24) is 0 Å². The largest absolute Gasteiger partial charge is 0.478 e. The predicted molar refractivity (Wildman–Crippen MR) is 97.9 cm³/mol. The number of rotatable bonds is 4. The van der Waals surface area contributed by atoms with Gasteiger partial charge >= 0.3 is 5.97 Å². The number of carboxylic acids is 1. The van der Waals surface area contributed by atoms with Gasteiger partial charge in [-0.05, 0) is 37.5 Å². The number of hydrogen-bond donors (Lipinski definition) is 1. The first-order valence-electron chi connectivity index (χ1n) is 8.16. The molecule has 0 bridgehead atoms. The second kappa shape index (κ2) is 7.18. The smallest absolute Gasteiger partial charge is 0.330 e. The summed E-state index contributed by atoms with van der Waals surface area (Å²) in [5.74, 6) is -0.894. The third kappa shape index (κ3) is 3.74. The molecule has 2 aromatic rings. The van der Waals surface area contributed by atoms with E-state index in [-0.39, 0.29) is 6.04 Å². The number of carbonyl (C=O) groups is 1. The van der Waals surface area contributed by atoms with E-state index >= 15 is 0 Å². The van der Waals surface area contributed by atoms with Crippen molar-refractivity contribution in [3.63, 3.8) is 0 Å². The van der Waals surface area contributed by atoms with Crippen LogP contribution in [0.25, 0.3) is 6.08 Å². The first-order chi connectivity index (χ1) is 11.6. The molecule has 1 N–H and O–H groups in total. The van der Waals surface area contributed by atoms with Crippen molar-refractivity contribution in [3.05, 3.63) is 83.6 Å². The number of nitrogens with zero attached hydrogens (tertiary/aromatic N) is 1. The van der Waals surface area contributed by atoms with Gasteiger partial charge in [0.1, 0.15) is 0 Å². The minimum Gasteiger partial charge on any atom is -0.478 e.